The Bertz CT molecular complexity index is 995. The number of carbonyl (C=O) groups excluding carboxylic acids is 2. The van der Waals surface area contributed by atoms with Gasteiger partial charge < -0.3 is 9.80 Å². The lowest BCUT2D eigenvalue weighted by molar-refractivity contribution is -0.151. The predicted molar refractivity (Wildman–Crippen MR) is 125 cm³/mol. The Balaban J connectivity index is 1.55. The van der Waals surface area contributed by atoms with Crippen molar-refractivity contribution >= 4 is 22.8 Å². The highest BCUT2D eigenvalue weighted by Crippen LogP contribution is 2.57. The molecule has 1 aliphatic heterocycles. The van der Waals surface area contributed by atoms with Gasteiger partial charge in [-0.2, -0.15) is 5.10 Å². The lowest BCUT2D eigenvalue weighted by Gasteiger charge is -2.45. The van der Waals surface area contributed by atoms with Crippen molar-refractivity contribution < 1.29 is 9.59 Å². The number of aromatic amines is 1. The molecule has 1 saturated heterocycles. The maximum atomic E-state index is 14.0. The Morgan fingerprint density at radius 3 is 2.69 bits per heavy atom. The molecule has 0 radical (unpaired) electrons. The van der Waals surface area contributed by atoms with Gasteiger partial charge in [0.2, 0.25) is 11.8 Å². The number of carbonyl (C=O) groups is 2. The second kappa shape index (κ2) is 8.49. The number of nitrogens with zero attached hydrogens (tertiary/aromatic N) is 4. The van der Waals surface area contributed by atoms with Gasteiger partial charge in [-0.3, -0.25) is 14.7 Å². The van der Waals surface area contributed by atoms with Crippen LogP contribution in [0.4, 0.5) is 0 Å². The molecule has 1 aliphatic carbocycles. The number of hydrogen-bond donors (Lipinski definition) is 1. The Labute approximate surface area is 190 Å². The third kappa shape index (κ3) is 3.50. The zero-order valence-electron chi connectivity index (χ0n) is 20.1. The number of nitrogens with one attached hydrogen (secondary N) is 1. The molecule has 7 nitrogen and oxygen atoms in total. The van der Waals surface area contributed by atoms with Crippen LogP contribution < -0.4 is 0 Å². The number of H-pyrrole nitrogens is 1. The highest BCUT2D eigenvalue weighted by Gasteiger charge is 2.59. The van der Waals surface area contributed by atoms with E-state index in [1.54, 1.807) is 6.20 Å². The van der Waals surface area contributed by atoms with Crippen LogP contribution in [0.1, 0.15) is 71.9 Å². The summed E-state index contributed by atoms with van der Waals surface area (Å²) in [7, 11) is 0. The normalized spacial score (nSPS) is 27.6. The van der Waals surface area contributed by atoms with E-state index >= 15 is 0 Å². The maximum Gasteiger partial charge on any atom is 0.229 e. The molecule has 0 aromatic carbocycles. The van der Waals surface area contributed by atoms with E-state index in [0.29, 0.717) is 19.6 Å². The van der Waals surface area contributed by atoms with Gasteiger partial charge in [-0.05, 0) is 57.1 Å². The van der Waals surface area contributed by atoms with Crippen LogP contribution in [-0.2, 0) is 9.59 Å². The minimum absolute atomic E-state index is 0.112. The van der Waals surface area contributed by atoms with Crippen molar-refractivity contribution in [1.29, 1.82) is 0 Å². The van der Waals surface area contributed by atoms with Crippen molar-refractivity contribution in [2.75, 3.05) is 26.2 Å². The standard InChI is InChI=1S/C25H37N5O2/c1-6-29(7-2)22(31)19-12-13-25(5,24(19,3)4)23(32)30-15-9-10-17(16-30)20-18-11-8-14-26-21(18)28-27-20/h8,11,14,17,19H,6-7,9-10,12-13,15-16H2,1-5H3,(H,26,27,28). The quantitative estimate of drug-likeness (QED) is 0.764. The third-order valence-electron chi connectivity index (χ3n) is 8.55. The molecular formula is C25H37N5O2. The number of amides is 2. The van der Waals surface area contributed by atoms with Crippen molar-refractivity contribution in [2.24, 2.45) is 16.7 Å². The topological polar surface area (TPSA) is 82.2 Å². The summed E-state index contributed by atoms with van der Waals surface area (Å²) in [6.45, 7) is 13.3. The molecule has 7 heteroatoms. The van der Waals surface area contributed by atoms with Crippen molar-refractivity contribution in [2.45, 2.75) is 66.2 Å². The summed E-state index contributed by atoms with van der Waals surface area (Å²) in [4.78, 5) is 35.5. The first-order valence-electron chi connectivity index (χ1n) is 12.1. The van der Waals surface area contributed by atoms with Gasteiger partial charge in [0, 0.05) is 55.3 Å². The van der Waals surface area contributed by atoms with Crippen LogP contribution in [0.25, 0.3) is 11.0 Å². The van der Waals surface area contributed by atoms with Gasteiger partial charge in [0.1, 0.15) is 0 Å². The molecule has 2 amide bonds. The van der Waals surface area contributed by atoms with Gasteiger partial charge in [0.15, 0.2) is 5.65 Å². The van der Waals surface area contributed by atoms with E-state index in [1.165, 1.54) is 0 Å². The largest absolute Gasteiger partial charge is 0.343 e. The van der Waals surface area contributed by atoms with E-state index in [4.69, 9.17) is 0 Å². The summed E-state index contributed by atoms with van der Waals surface area (Å²) in [6, 6.07) is 3.98. The summed E-state index contributed by atoms with van der Waals surface area (Å²) in [5.74, 6) is 0.510. The van der Waals surface area contributed by atoms with Crippen LogP contribution in [0.2, 0.25) is 0 Å². The summed E-state index contributed by atoms with van der Waals surface area (Å²) >= 11 is 0. The summed E-state index contributed by atoms with van der Waals surface area (Å²) in [5, 5.41) is 8.59. The molecule has 2 aromatic rings. The highest BCUT2D eigenvalue weighted by molar-refractivity contribution is 5.88. The Morgan fingerprint density at radius 1 is 1.22 bits per heavy atom. The van der Waals surface area contributed by atoms with E-state index in [-0.39, 0.29) is 29.1 Å². The minimum atomic E-state index is -0.542. The number of rotatable bonds is 5. The predicted octanol–water partition coefficient (Wildman–Crippen LogP) is 3.97. The van der Waals surface area contributed by atoms with E-state index in [9.17, 15) is 9.59 Å². The molecular weight excluding hydrogens is 402 g/mol. The van der Waals surface area contributed by atoms with Crippen LogP contribution in [-0.4, -0.2) is 63.0 Å². The van der Waals surface area contributed by atoms with E-state index in [2.05, 4.69) is 36.0 Å². The molecule has 2 aliphatic rings. The van der Waals surface area contributed by atoms with Gasteiger partial charge in [0.05, 0.1) is 5.41 Å². The molecule has 3 heterocycles. The van der Waals surface area contributed by atoms with Gasteiger partial charge in [0.25, 0.3) is 0 Å². The van der Waals surface area contributed by atoms with Crippen molar-refractivity contribution in [1.82, 2.24) is 25.0 Å². The fourth-order valence-corrected chi connectivity index (χ4v) is 6.00. The second-order valence-electron chi connectivity index (χ2n) is 10.3. The molecule has 2 fully saturated rings. The van der Waals surface area contributed by atoms with Crippen molar-refractivity contribution in [3.05, 3.63) is 24.0 Å². The summed E-state index contributed by atoms with van der Waals surface area (Å²) < 4.78 is 0. The lowest BCUT2D eigenvalue weighted by atomic mass is 9.64. The molecule has 4 rings (SSSR count). The molecule has 2 aromatic heterocycles. The van der Waals surface area contributed by atoms with Gasteiger partial charge >= 0.3 is 0 Å². The Kier molecular flexibility index (Phi) is 6.03. The maximum absolute atomic E-state index is 14.0. The molecule has 1 saturated carbocycles. The van der Waals surface area contributed by atoms with E-state index in [0.717, 1.165) is 49.0 Å². The summed E-state index contributed by atoms with van der Waals surface area (Å²) in [6.07, 6.45) is 5.28. The fourth-order valence-electron chi connectivity index (χ4n) is 6.00. The van der Waals surface area contributed by atoms with Gasteiger partial charge in [-0.25, -0.2) is 4.98 Å². The van der Waals surface area contributed by atoms with E-state index < -0.39 is 5.41 Å². The monoisotopic (exact) mass is 439 g/mol. The number of likely N-dealkylation sites (tertiary alicyclic amines) is 1. The first-order chi connectivity index (χ1) is 15.2. The van der Waals surface area contributed by atoms with Crippen LogP contribution in [0.3, 0.4) is 0 Å². The first kappa shape index (κ1) is 22.7. The number of pyridine rings is 1. The van der Waals surface area contributed by atoms with Crippen LogP contribution >= 0.6 is 0 Å². The van der Waals surface area contributed by atoms with Crippen LogP contribution in [0, 0.1) is 16.7 Å². The molecule has 3 unspecified atom stereocenters. The molecule has 32 heavy (non-hydrogen) atoms. The molecule has 3 atom stereocenters. The zero-order chi connectivity index (χ0) is 23.1. The lowest BCUT2D eigenvalue weighted by Crippen LogP contribution is -2.53. The Hall–Kier alpha value is -2.44. The average Bonchev–Trinajstić information content (AvgIpc) is 3.33. The number of aromatic nitrogens is 3. The van der Waals surface area contributed by atoms with E-state index in [1.807, 2.05) is 35.8 Å². The van der Waals surface area contributed by atoms with Crippen LogP contribution in [0.5, 0.6) is 0 Å². The smallest absolute Gasteiger partial charge is 0.229 e. The zero-order valence-corrected chi connectivity index (χ0v) is 20.1. The van der Waals surface area contributed by atoms with Crippen LogP contribution in [0.15, 0.2) is 18.3 Å². The van der Waals surface area contributed by atoms with Crippen molar-refractivity contribution in [3.63, 3.8) is 0 Å². The molecule has 0 bridgehead atoms. The number of hydrogen-bond acceptors (Lipinski definition) is 4. The number of piperidine rings is 1. The molecule has 0 spiro atoms. The first-order valence-corrected chi connectivity index (χ1v) is 12.1. The van der Waals surface area contributed by atoms with Crippen molar-refractivity contribution in [3.8, 4) is 0 Å². The molecule has 1 N–H and O–H groups in total. The third-order valence-corrected chi connectivity index (χ3v) is 8.55. The molecule has 174 valence electrons. The number of fused-ring (bicyclic) bond motifs is 1. The summed E-state index contributed by atoms with van der Waals surface area (Å²) in [5.41, 5.74) is 0.880. The highest BCUT2D eigenvalue weighted by atomic mass is 16.2. The van der Waals surface area contributed by atoms with Gasteiger partial charge in [-0.1, -0.05) is 20.8 Å². The second-order valence-corrected chi connectivity index (χ2v) is 10.3. The minimum Gasteiger partial charge on any atom is -0.343 e. The SMILES string of the molecule is CCN(CC)C(=O)C1CCC(C)(C(=O)N2CCCC(c3[nH]nc4ncccc34)C2)C1(C)C. The average molecular weight is 440 g/mol. The van der Waals surface area contributed by atoms with Gasteiger partial charge in [-0.15, -0.1) is 0 Å². The Morgan fingerprint density at radius 2 is 1.97 bits per heavy atom. The fraction of sp³-hybridized carbons (Fsp3) is 0.680.